The van der Waals surface area contributed by atoms with Crippen LogP contribution in [0.3, 0.4) is 0 Å². The van der Waals surface area contributed by atoms with E-state index < -0.39 is 57.6 Å². The number of carboxylic acid groups (broad SMARTS) is 1. The van der Waals surface area contributed by atoms with E-state index in [1.165, 1.54) is 0 Å². The molecule has 0 saturated heterocycles. The number of carbonyl (C=O) groups excluding carboxylic acids is 2. The van der Waals surface area contributed by atoms with Gasteiger partial charge in [-0.2, -0.15) is 0 Å². The number of unbranched alkanes of at least 4 members (excludes halogenated alkanes) is 9. The molecule has 0 radical (unpaired) electrons. The topological polar surface area (TPSA) is 169 Å². The lowest BCUT2D eigenvalue weighted by molar-refractivity contribution is -0.147. The van der Waals surface area contributed by atoms with Gasteiger partial charge in [0.1, 0.15) is 12.7 Å². The number of phosphoric acid groups is 1. The molecule has 0 fully saturated rings. The summed E-state index contributed by atoms with van der Waals surface area (Å²) in [6.07, 6.45) is 20.1. The molecule has 1 amide bonds. The predicted molar refractivity (Wildman–Crippen MR) is 157 cm³/mol. The summed E-state index contributed by atoms with van der Waals surface area (Å²) < 4.78 is 26.3. The Labute approximate surface area is 245 Å². The molecule has 0 heterocycles. The first-order valence-corrected chi connectivity index (χ1v) is 16.4. The number of allylic oxidation sites excluding steroid dienone is 4. The molecule has 12 heteroatoms. The number of rotatable bonds is 27. The van der Waals surface area contributed by atoms with Crippen molar-refractivity contribution >= 4 is 25.7 Å². The molecule has 0 saturated carbocycles. The maximum absolute atomic E-state index is 12.1. The van der Waals surface area contributed by atoms with E-state index in [0.717, 1.165) is 70.6 Å². The number of carbonyl (C=O) groups is 3. The highest BCUT2D eigenvalue weighted by Gasteiger charge is 2.28. The number of carboxylic acids is 1. The monoisotopic (exact) mass is 605 g/mol. The first-order valence-electron chi connectivity index (χ1n) is 14.9. The van der Waals surface area contributed by atoms with Crippen LogP contribution in [0.4, 0.5) is 0 Å². The number of aliphatic carboxylic acids is 1. The van der Waals surface area contributed by atoms with Crippen LogP contribution in [0.5, 0.6) is 0 Å². The van der Waals surface area contributed by atoms with Crippen LogP contribution in [0.25, 0.3) is 0 Å². The van der Waals surface area contributed by atoms with Gasteiger partial charge in [0.2, 0.25) is 5.91 Å². The van der Waals surface area contributed by atoms with Crippen molar-refractivity contribution in [2.24, 2.45) is 0 Å². The van der Waals surface area contributed by atoms with Crippen LogP contribution >= 0.6 is 7.82 Å². The fourth-order valence-corrected chi connectivity index (χ4v) is 4.36. The Morgan fingerprint density at radius 3 is 2.07 bits per heavy atom. The van der Waals surface area contributed by atoms with Crippen LogP contribution < -0.4 is 5.32 Å². The second-order valence-electron chi connectivity index (χ2n) is 9.94. The molecule has 4 N–H and O–H groups in total. The van der Waals surface area contributed by atoms with Crippen LogP contribution in [0.15, 0.2) is 24.3 Å². The lowest BCUT2D eigenvalue weighted by Gasteiger charge is -2.18. The highest BCUT2D eigenvalue weighted by Crippen LogP contribution is 2.43. The highest BCUT2D eigenvalue weighted by atomic mass is 31.2. The Bertz CT molecular complexity index is 817. The summed E-state index contributed by atoms with van der Waals surface area (Å²) in [5, 5.41) is 21.4. The lowest BCUT2D eigenvalue weighted by atomic mass is 10.1. The Kier molecular flexibility index (Phi) is 24.4. The minimum atomic E-state index is -4.73. The zero-order valence-electron chi connectivity index (χ0n) is 24.8. The van der Waals surface area contributed by atoms with Crippen LogP contribution in [-0.2, 0) is 32.7 Å². The summed E-state index contributed by atoms with van der Waals surface area (Å²) in [4.78, 5) is 45.0. The van der Waals surface area contributed by atoms with Gasteiger partial charge in [-0.25, -0.2) is 9.36 Å². The Morgan fingerprint density at radius 1 is 0.780 bits per heavy atom. The van der Waals surface area contributed by atoms with E-state index in [9.17, 15) is 34.1 Å². The molecule has 0 aliphatic rings. The van der Waals surface area contributed by atoms with Crippen molar-refractivity contribution in [2.75, 3.05) is 19.8 Å². The maximum atomic E-state index is 12.1. The molecule has 0 aromatic heterocycles. The van der Waals surface area contributed by atoms with Crippen LogP contribution in [0.2, 0.25) is 0 Å². The van der Waals surface area contributed by atoms with Crippen LogP contribution in [0.1, 0.15) is 110 Å². The molecule has 0 bridgehead atoms. The van der Waals surface area contributed by atoms with E-state index in [0.29, 0.717) is 12.8 Å². The standard InChI is InChI=1S/C29H52NO10P/c1-3-5-7-9-10-11-12-13-14-15-16-17-18-20-27(32)30-26(29(34)35)24-40-41(36,37)39-23-25(31)22-38-28(33)21-19-8-6-4-2/h7,9,11-12,25-26,31H,3-6,8,10,13-24H2,1-2H3,(H,30,32)(H,34,35)(H,36,37)/b9-7-,12-11-. The first kappa shape index (κ1) is 39.0. The second kappa shape index (κ2) is 25.7. The molecular formula is C29H52NO10P. The second-order valence-corrected chi connectivity index (χ2v) is 11.4. The summed E-state index contributed by atoms with van der Waals surface area (Å²) in [6, 6.07) is -1.55. The van der Waals surface area contributed by atoms with Crippen molar-refractivity contribution in [3.8, 4) is 0 Å². The van der Waals surface area contributed by atoms with Gasteiger partial charge in [0, 0.05) is 12.8 Å². The molecule has 11 nitrogen and oxygen atoms in total. The number of hydrogen-bond acceptors (Lipinski definition) is 8. The normalized spacial score (nSPS) is 14.6. The average molecular weight is 606 g/mol. The fourth-order valence-electron chi connectivity index (χ4n) is 3.58. The van der Waals surface area contributed by atoms with Gasteiger partial charge in [-0.1, -0.05) is 83.1 Å². The van der Waals surface area contributed by atoms with E-state index in [4.69, 9.17) is 9.26 Å². The Morgan fingerprint density at radius 2 is 1.39 bits per heavy atom. The van der Waals surface area contributed by atoms with Gasteiger partial charge in [0.25, 0.3) is 0 Å². The van der Waals surface area contributed by atoms with E-state index in [1.54, 1.807) is 0 Å². The summed E-state index contributed by atoms with van der Waals surface area (Å²) in [7, 11) is -4.73. The van der Waals surface area contributed by atoms with Crippen LogP contribution in [0, 0.1) is 0 Å². The zero-order valence-corrected chi connectivity index (χ0v) is 25.7. The van der Waals surface area contributed by atoms with Gasteiger partial charge in [-0.05, 0) is 38.5 Å². The van der Waals surface area contributed by atoms with Crippen molar-refractivity contribution in [1.82, 2.24) is 5.32 Å². The molecule has 238 valence electrons. The van der Waals surface area contributed by atoms with Gasteiger partial charge >= 0.3 is 19.8 Å². The molecule has 41 heavy (non-hydrogen) atoms. The third-order valence-corrected chi connectivity index (χ3v) is 6.93. The van der Waals surface area contributed by atoms with Crippen LogP contribution in [-0.4, -0.2) is 64.9 Å². The van der Waals surface area contributed by atoms with E-state index in [-0.39, 0.29) is 12.8 Å². The summed E-state index contributed by atoms with van der Waals surface area (Å²) in [6.45, 7) is 2.30. The molecule has 3 unspecified atom stereocenters. The van der Waals surface area contributed by atoms with Gasteiger partial charge < -0.3 is 25.2 Å². The minimum Gasteiger partial charge on any atom is -0.480 e. The number of ether oxygens (including phenoxy) is 1. The van der Waals surface area contributed by atoms with Gasteiger partial charge in [0.05, 0.1) is 13.2 Å². The molecule has 0 aromatic rings. The van der Waals surface area contributed by atoms with E-state index in [1.807, 2.05) is 0 Å². The molecule has 0 aliphatic carbocycles. The van der Waals surface area contributed by atoms with Gasteiger partial charge in [-0.15, -0.1) is 0 Å². The lowest BCUT2D eigenvalue weighted by Crippen LogP contribution is -2.43. The number of esters is 1. The van der Waals surface area contributed by atoms with E-state index >= 15 is 0 Å². The molecule has 0 aromatic carbocycles. The van der Waals surface area contributed by atoms with E-state index in [2.05, 4.69) is 48.0 Å². The van der Waals surface area contributed by atoms with Crippen molar-refractivity contribution in [1.29, 1.82) is 0 Å². The molecule has 0 rings (SSSR count). The number of nitrogens with one attached hydrogen (secondary N) is 1. The number of amides is 1. The number of phosphoric ester groups is 1. The van der Waals surface area contributed by atoms with Crippen molar-refractivity contribution in [3.05, 3.63) is 24.3 Å². The smallest absolute Gasteiger partial charge is 0.472 e. The zero-order chi connectivity index (χ0) is 30.8. The first-order chi connectivity index (χ1) is 19.6. The molecule has 3 atom stereocenters. The quantitative estimate of drug-likeness (QED) is 0.0400. The third-order valence-electron chi connectivity index (χ3n) is 5.97. The minimum absolute atomic E-state index is 0.130. The number of aliphatic hydroxyl groups excluding tert-OH is 1. The Hall–Kier alpha value is -2.04. The predicted octanol–water partition coefficient (Wildman–Crippen LogP) is 5.60. The summed E-state index contributed by atoms with van der Waals surface area (Å²) in [5.74, 6) is -2.42. The number of aliphatic hydroxyl groups is 1. The maximum Gasteiger partial charge on any atom is 0.472 e. The van der Waals surface area contributed by atoms with Crippen molar-refractivity contribution < 1.29 is 47.8 Å². The molecule has 0 aliphatic heterocycles. The molecular weight excluding hydrogens is 553 g/mol. The van der Waals surface area contributed by atoms with Crippen molar-refractivity contribution in [2.45, 2.75) is 122 Å². The highest BCUT2D eigenvalue weighted by molar-refractivity contribution is 7.47. The van der Waals surface area contributed by atoms with Gasteiger partial charge in [0.15, 0.2) is 6.04 Å². The summed E-state index contributed by atoms with van der Waals surface area (Å²) in [5.41, 5.74) is 0. The number of hydrogen-bond donors (Lipinski definition) is 4. The average Bonchev–Trinajstić information content (AvgIpc) is 2.93. The van der Waals surface area contributed by atoms with Gasteiger partial charge in [-0.3, -0.25) is 18.6 Å². The fraction of sp³-hybridized carbons (Fsp3) is 0.759. The largest absolute Gasteiger partial charge is 0.480 e. The van der Waals surface area contributed by atoms with Crippen molar-refractivity contribution in [3.63, 3.8) is 0 Å². The summed E-state index contributed by atoms with van der Waals surface area (Å²) >= 11 is 0. The molecule has 0 spiro atoms. The Balaban J connectivity index is 4.11. The third kappa shape index (κ3) is 25.4. The SMILES string of the molecule is CCC/C=C\C/C=C\CCCCCCCC(=O)NC(COP(=O)(O)OCC(O)COC(=O)CCCCCC)C(=O)O.